The number of aromatic nitrogens is 3. The molecule has 2 aromatic heterocycles. The van der Waals surface area contributed by atoms with Crippen LogP contribution in [0.2, 0.25) is 0 Å². The highest BCUT2D eigenvalue weighted by molar-refractivity contribution is 7.22. The number of carboxylic acid groups (broad SMARTS) is 1. The number of anilines is 1. The third-order valence-electron chi connectivity index (χ3n) is 5.64. The number of aromatic carboxylic acids is 1. The molecule has 1 aromatic carbocycles. The normalized spacial score (nSPS) is 19.0. The molecule has 3 aromatic rings. The summed E-state index contributed by atoms with van der Waals surface area (Å²) in [7, 11) is 1.63. The lowest BCUT2D eigenvalue weighted by molar-refractivity contribution is 0.0538. The minimum atomic E-state index is -0.962. The molecule has 0 radical (unpaired) electrons. The van der Waals surface area contributed by atoms with Gasteiger partial charge in [0.25, 0.3) is 5.91 Å². The number of ether oxygens (including phenoxy) is 1. The molecule has 9 nitrogen and oxygen atoms in total. The highest BCUT2D eigenvalue weighted by Gasteiger charge is 2.32. The fraction of sp³-hybridized carbons (Fsp3) is 0.429. The molecule has 1 aliphatic heterocycles. The van der Waals surface area contributed by atoms with Gasteiger partial charge in [0.05, 0.1) is 33.6 Å². The van der Waals surface area contributed by atoms with Gasteiger partial charge in [-0.3, -0.25) is 4.79 Å². The molecule has 1 aliphatic rings. The number of hydrogen-bond donors (Lipinski definition) is 3. The zero-order chi connectivity index (χ0) is 22.1. The Labute approximate surface area is 183 Å². The fourth-order valence-corrected chi connectivity index (χ4v) is 5.03. The molecule has 3 N–H and O–H groups in total. The van der Waals surface area contributed by atoms with Gasteiger partial charge in [-0.2, -0.15) is 0 Å². The molecular formula is C21H25N5O4S. The third kappa shape index (κ3) is 4.13. The number of carbonyl (C=O) groups is 2. The monoisotopic (exact) mass is 443 g/mol. The molecule has 10 heteroatoms. The van der Waals surface area contributed by atoms with Crippen LogP contribution in [0.4, 0.5) is 5.13 Å². The Bertz CT molecular complexity index is 1120. The number of piperidine rings is 1. The van der Waals surface area contributed by atoms with Crippen molar-refractivity contribution in [3.63, 3.8) is 0 Å². The lowest BCUT2D eigenvalue weighted by Crippen LogP contribution is -2.55. The van der Waals surface area contributed by atoms with Gasteiger partial charge < -0.3 is 25.0 Å². The molecule has 0 aliphatic carbocycles. The molecule has 1 saturated heterocycles. The number of thiazole rings is 1. The van der Waals surface area contributed by atoms with Crippen molar-refractivity contribution in [3.05, 3.63) is 41.0 Å². The summed E-state index contributed by atoms with van der Waals surface area (Å²) in [5.41, 5.74) is 2.72. The van der Waals surface area contributed by atoms with Crippen molar-refractivity contribution in [2.75, 3.05) is 25.1 Å². The van der Waals surface area contributed by atoms with Crippen LogP contribution in [0, 0.1) is 6.92 Å². The van der Waals surface area contributed by atoms with E-state index in [1.807, 2.05) is 19.9 Å². The van der Waals surface area contributed by atoms with Gasteiger partial charge >= 0.3 is 5.97 Å². The lowest BCUT2D eigenvalue weighted by Gasteiger charge is -2.37. The van der Waals surface area contributed by atoms with Crippen molar-refractivity contribution in [1.29, 1.82) is 0 Å². The maximum Gasteiger partial charge on any atom is 0.337 e. The molecule has 1 amide bonds. The predicted molar refractivity (Wildman–Crippen MR) is 118 cm³/mol. The van der Waals surface area contributed by atoms with E-state index in [4.69, 9.17) is 4.74 Å². The average Bonchev–Trinajstić information content (AvgIpc) is 3.36. The fourth-order valence-electron chi connectivity index (χ4n) is 3.92. The number of imidazole rings is 1. The zero-order valence-corrected chi connectivity index (χ0v) is 18.5. The molecule has 1 fully saturated rings. The quantitative estimate of drug-likeness (QED) is 0.535. The highest BCUT2D eigenvalue weighted by Crippen LogP contribution is 2.33. The number of amides is 1. The van der Waals surface area contributed by atoms with Crippen molar-refractivity contribution in [1.82, 2.24) is 20.3 Å². The van der Waals surface area contributed by atoms with Crippen LogP contribution in [0.25, 0.3) is 10.2 Å². The zero-order valence-electron chi connectivity index (χ0n) is 17.6. The van der Waals surface area contributed by atoms with E-state index < -0.39 is 5.97 Å². The Morgan fingerprint density at radius 2 is 2.19 bits per heavy atom. The minimum absolute atomic E-state index is 0.159. The summed E-state index contributed by atoms with van der Waals surface area (Å²) < 4.78 is 6.34. The van der Waals surface area contributed by atoms with E-state index in [1.165, 1.54) is 11.3 Å². The number of methoxy groups -OCH3 is 1. The first-order chi connectivity index (χ1) is 14.9. The third-order valence-corrected chi connectivity index (χ3v) is 6.80. The molecule has 4 rings (SSSR count). The van der Waals surface area contributed by atoms with Crippen molar-refractivity contribution < 1.29 is 19.4 Å². The first-order valence-corrected chi connectivity index (χ1v) is 11.0. The van der Waals surface area contributed by atoms with Gasteiger partial charge in [-0.05, 0) is 31.9 Å². The summed E-state index contributed by atoms with van der Waals surface area (Å²) in [6, 6.07) is 4.95. The molecule has 31 heavy (non-hydrogen) atoms. The number of fused-ring (bicyclic) bond motifs is 1. The molecule has 0 bridgehead atoms. The van der Waals surface area contributed by atoms with Crippen LogP contribution < -0.4 is 10.2 Å². The van der Waals surface area contributed by atoms with Gasteiger partial charge in [-0.15, -0.1) is 0 Å². The molecule has 0 unspecified atom stereocenters. The summed E-state index contributed by atoms with van der Waals surface area (Å²) >= 11 is 1.37. The molecule has 0 spiro atoms. The molecule has 164 valence electrons. The number of carboxylic acids is 1. The van der Waals surface area contributed by atoms with Gasteiger partial charge in [-0.1, -0.05) is 24.3 Å². The second-order valence-electron chi connectivity index (χ2n) is 7.55. The second-order valence-corrected chi connectivity index (χ2v) is 8.52. The summed E-state index contributed by atoms with van der Waals surface area (Å²) in [4.78, 5) is 38.3. The molecular weight excluding hydrogens is 418 g/mol. The van der Waals surface area contributed by atoms with Crippen LogP contribution in [0.1, 0.15) is 45.7 Å². The average molecular weight is 444 g/mol. The van der Waals surface area contributed by atoms with Gasteiger partial charge in [0, 0.05) is 25.9 Å². The number of aromatic amines is 1. The van der Waals surface area contributed by atoms with Gasteiger partial charge in [0.15, 0.2) is 11.0 Å². The van der Waals surface area contributed by atoms with Gasteiger partial charge in [0.1, 0.15) is 0 Å². The minimum Gasteiger partial charge on any atom is -0.478 e. The van der Waals surface area contributed by atoms with E-state index in [0.29, 0.717) is 35.6 Å². The predicted octanol–water partition coefficient (Wildman–Crippen LogP) is 2.61. The SMILES string of the molecule is CCc1[nH]c(C(=O)N[C@@H]2CCN(c3nc4cccc(C(=O)O)c4s3)C[C@@H]2OC)nc1C. The number of nitrogens with one attached hydrogen (secondary N) is 2. The van der Waals surface area contributed by atoms with E-state index in [2.05, 4.69) is 25.2 Å². The smallest absolute Gasteiger partial charge is 0.337 e. The van der Waals surface area contributed by atoms with Crippen LogP contribution in [-0.2, 0) is 11.2 Å². The number of nitrogens with zero attached hydrogens (tertiary/aromatic N) is 3. The van der Waals surface area contributed by atoms with Crippen LogP contribution in [0.15, 0.2) is 18.2 Å². The van der Waals surface area contributed by atoms with Crippen LogP contribution >= 0.6 is 11.3 Å². The van der Waals surface area contributed by atoms with Gasteiger partial charge in [-0.25, -0.2) is 14.8 Å². The Morgan fingerprint density at radius 1 is 1.39 bits per heavy atom. The van der Waals surface area contributed by atoms with E-state index in [9.17, 15) is 14.7 Å². The van der Waals surface area contributed by atoms with Crippen molar-refractivity contribution in [3.8, 4) is 0 Å². The van der Waals surface area contributed by atoms with E-state index in [0.717, 1.165) is 22.9 Å². The van der Waals surface area contributed by atoms with E-state index in [1.54, 1.807) is 19.2 Å². The number of aryl methyl sites for hydroxylation is 2. The first-order valence-electron chi connectivity index (χ1n) is 10.2. The van der Waals surface area contributed by atoms with Crippen molar-refractivity contribution >= 4 is 38.6 Å². The first kappa shape index (κ1) is 21.3. The van der Waals surface area contributed by atoms with Crippen LogP contribution in [-0.4, -0.2) is 64.3 Å². The maximum atomic E-state index is 12.7. The Hall–Kier alpha value is -2.98. The molecule has 2 atom stereocenters. The summed E-state index contributed by atoms with van der Waals surface area (Å²) in [5.74, 6) is -0.884. The topological polar surface area (TPSA) is 120 Å². The molecule has 0 saturated carbocycles. The van der Waals surface area contributed by atoms with Crippen molar-refractivity contribution in [2.24, 2.45) is 0 Å². The highest BCUT2D eigenvalue weighted by atomic mass is 32.1. The maximum absolute atomic E-state index is 12.7. The van der Waals surface area contributed by atoms with E-state index in [-0.39, 0.29) is 23.6 Å². The Balaban J connectivity index is 1.48. The number of rotatable bonds is 6. The summed E-state index contributed by atoms with van der Waals surface area (Å²) in [6.45, 7) is 5.11. The summed E-state index contributed by atoms with van der Waals surface area (Å²) in [6.07, 6.45) is 1.23. The number of carbonyl (C=O) groups excluding carboxylic acids is 1. The van der Waals surface area contributed by atoms with Crippen LogP contribution in [0.5, 0.6) is 0 Å². The molecule has 3 heterocycles. The lowest BCUT2D eigenvalue weighted by atomic mass is 10.0. The summed E-state index contributed by atoms with van der Waals surface area (Å²) in [5, 5.41) is 13.2. The number of H-pyrrole nitrogens is 1. The Kier molecular flexibility index (Phi) is 5.92. The Morgan fingerprint density at radius 3 is 2.87 bits per heavy atom. The number of hydrogen-bond acceptors (Lipinski definition) is 7. The second kappa shape index (κ2) is 8.64. The van der Waals surface area contributed by atoms with E-state index >= 15 is 0 Å². The van der Waals surface area contributed by atoms with Gasteiger partial charge in [0.2, 0.25) is 0 Å². The largest absolute Gasteiger partial charge is 0.478 e. The van der Waals surface area contributed by atoms with Crippen LogP contribution in [0.3, 0.4) is 0 Å². The van der Waals surface area contributed by atoms with Crippen molar-refractivity contribution in [2.45, 2.75) is 38.8 Å². The number of benzene rings is 1. The standard InChI is InChI=1S/C21H25N5O4S/c1-4-13-11(2)22-18(23-13)19(27)24-14-8-9-26(10-16(14)30-3)21-25-15-7-5-6-12(20(28)29)17(15)31-21/h5-7,14,16H,4,8-10H2,1-3H3,(H,22,23)(H,24,27)(H,28,29)/t14-,16+/m1/s1.